The molecule has 4 rings (SSSR count). The Morgan fingerprint density at radius 2 is 1.77 bits per heavy atom. The molecule has 2 aromatic carbocycles. The van der Waals surface area contributed by atoms with E-state index >= 15 is 0 Å². The minimum Gasteiger partial charge on any atom is -0.494 e. The van der Waals surface area contributed by atoms with Gasteiger partial charge in [-0.3, -0.25) is 4.79 Å². The molecule has 0 atom stereocenters. The van der Waals surface area contributed by atoms with Gasteiger partial charge in [0.15, 0.2) is 5.78 Å². The highest BCUT2D eigenvalue weighted by molar-refractivity contribution is 6.14. The van der Waals surface area contributed by atoms with Gasteiger partial charge >= 0.3 is 0 Å². The lowest BCUT2D eigenvalue weighted by atomic mass is 9.98. The number of rotatable bonds is 8. The van der Waals surface area contributed by atoms with Crippen molar-refractivity contribution in [3.63, 3.8) is 0 Å². The van der Waals surface area contributed by atoms with Gasteiger partial charge in [0.1, 0.15) is 23.9 Å². The van der Waals surface area contributed by atoms with Crippen LogP contribution in [0.15, 0.2) is 48.0 Å². The van der Waals surface area contributed by atoms with Crippen LogP contribution in [0.4, 0.5) is 0 Å². The van der Waals surface area contributed by atoms with Gasteiger partial charge in [0.2, 0.25) is 0 Å². The number of benzene rings is 2. The molecule has 2 heterocycles. The molecule has 0 amide bonds. The molecule has 1 saturated heterocycles. The maximum atomic E-state index is 12.8. The first-order valence-corrected chi connectivity index (χ1v) is 11.3. The minimum absolute atomic E-state index is 0.00216. The maximum absolute atomic E-state index is 12.8. The summed E-state index contributed by atoms with van der Waals surface area (Å²) in [5.74, 6) is 2.16. The molecule has 0 N–H and O–H groups in total. The Hall–Kier alpha value is -2.79. The van der Waals surface area contributed by atoms with Crippen LogP contribution in [-0.2, 0) is 0 Å². The number of nitrogens with zero attached hydrogens (tertiary/aromatic N) is 1. The SMILES string of the molecule is CCOc1ccc2c(c1)OCC(=Cc1ccc(OCCCN3CCCCC3)cc1)C2=O. The summed E-state index contributed by atoms with van der Waals surface area (Å²) in [6.07, 6.45) is 6.95. The van der Waals surface area contributed by atoms with Gasteiger partial charge in [0.25, 0.3) is 0 Å². The number of carbonyl (C=O) groups is 1. The molecule has 2 aromatic rings. The van der Waals surface area contributed by atoms with Crippen molar-refractivity contribution < 1.29 is 19.0 Å². The maximum Gasteiger partial charge on any atom is 0.196 e. The van der Waals surface area contributed by atoms with Gasteiger partial charge in [0.05, 0.1) is 18.8 Å². The summed E-state index contributed by atoms with van der Waals surface area (Å²) in [6, 6.07) is 13.3. The Balaban J connectivity index is 1.31. The molecule has 5 nitrogen and oxygen atoms in total. The number of ether oxygens (including phenoxy) is 3. The van der Waals surface area contributed by atoms with E-state index in [4.69, 9.17) is 14.2 Å². The number of hydrogen-bond acceptors (Lipinski definition) is 5. The van der Waals surface area contributed by atoms with E-state index in [-0.39, 0.29) is 12.4 Å². The van der Waals surface area contributed by atoms with Crippen LogP contribution >= 0.6 is 0 Å². The Morgan fingerprint density at radius 1 is 1.00 bits per heavy atom. The van der Waals surface area contributed by atoms with Crippen LogP contribution in [0.5, 0.6) is 17.2 Å². The standard InChI is InChI=1S/C26H31NO4/c1-2-29-23-11-12-24-25(18-23)31-19-21(26(24)28)17-20-7-9-22(10-8-20)30-16-6-15-27-13-4-3-5-14-27/h7-12,17-18H,2-6,13-16,19H2,1H3. The number of fused-ring (bicyclic) bond motifs is 1. The van der Waals surface area contributed by atoms with Crippen molar-refractivity contribution >= 4 is 11.9 Å². The van der Waals surface area contributed by atoms with Crippen LogP contribution in [0.1, 0.15) is 48.5 Å². The zero-order valence-corrected chi connectivity index (χ0v) is 18.3. The molecular weight excluding hydrogens is 390 g/mol. The van der Waals surface area contributed by atoms with E-state index in [0.29, 0.717) is 29.2 Å². The van der Waals surface area contributed by atoms with E-state index in [9.17, 15) is 4.79 Å². The number of carbonyl (C=O) groups excluding carboxylic acids is 1. The topological polar surface area (TPSA) is 48.0 Å². The van der Waals surface area contributed by atoms with Crippen molar-refractivity contribution in [3.05, 3.63) is 59.2 Å². The summed E-state index contributed by atoms with van der Waals surface area (Å²) < 4.78 is 17.2. The molecule has 164 valence electrons. The van der Waals surface area contributed by atoms with Crippen molar-refractivity contribution in [1.82, 2.24) is 4.90 Å². The van der Waals surface area contributed by atoms with Gasteiger partial charge in [-0.05, 0) is 75.2 Å². The molecule has 2 aliphatic rings. The average molecular weight is 422 g/mol. The number of hydrogen-bond donors (Lipinski definition) is 0. The molecule has 2 aliphatic heterocycles. The normalized spacial score (nSPS) is 17.8. The number of Topliss-reactive ketones (excluding diaryl/α,β-unsaturated/α-hetero) is 1. The number of likely N-dealkylation sites (tertiary alicyclic amines) is 1. The molecule has 0 unspecified atom stereocenters. The van der Waals surface area contributed by atoms with E-state index < -0.39 is 0 Å². The fourth-order valence-corrected chi connectivity index (χ4v) is 4.09. The lowest BCUT2D eigenvalue weighted by Crippen LogP contribution is -2.31. The minimum atomic E-state index is 0.00216. The van der Waals surface area contributed by atoms with Crippen molar-refractivity contribution in [2.75, 3.05) is 39.5 Å². The van der Waals surface area contributed by atoms with Gasteiger partial charge in [-0.15, -0.1) is 0 Å². The van der Waals surface area contributed by atoms with Crippen molar-refractivity contribution in [3.8, 4) is 17.2 Å². The smallest absolute Gasteiger partial charge is 0.196 e. The second kappa shape index (κ2) is 10.5. The fraction of sp³-hybridized carbons (Fsp3) is 0.423. The second-order valence-corrected chi connectivity index (χ2v) is 8.05. The third-order valence-corrected chi connectivity index (χ3v) is 5.74. The van der Waals surface area contributed by atoms with Gasteiger partial charge in [0, 0.05) is 18.2 Å². The van der Waals surface area contributed by atoms with Crippen LogP contribution in [-0.4, -0.2) is 50.1 Å². The van der Waals surface area contributed by atoms with Crippen molar-refractivity contribution in [1.29, 1.82) is 0 Å². The lowest BCUT2D eigenvalue weighted by molar-refractivity contribution is 0.100. The van der Waals surface area contributed by atoms with Crippen LogP contribution in [0.2, 0.25) is 0 Å². The zero-order valence-electron chi connectivity index (χ0n) is 18.3. The quantitative estimate of drug-likeness (QED) is 0.443. The van der Waals surface area contributed by atoms with Gasteiger partial charge < -0.3 is 19.1 Å². The third-order valence-electron chi connectivity index (χ3n) is 5.74. The molecule has 0 radical (unpaired) electrons. The molecule has 0 saturated carbocycles. The molecule has 0 aromatic heterocycles. The highest BCUT2D eigenvalue weighted by Crippen LogP contribution is 2.31. The van der Waals surface area contributed by atoms with E-state index in [2.05, 4.69) is 4.90 Å². The largest absolute Gasteiger partial charge is 0.494 e. The Bertz CT molecular complexity index is 914. The summed E-state index contributed by atoms with van der Waals surface area (Å²) in [6.45, 7) is 7.06. The summed E-state index contributed by atoms with van der Waals surface area (Å²) in [5.41, 5.74) is 2.18. The second-order valence-electron chi connectivity index (χ2n) is 8.05. The molecule has 0 bridgehead atoms. The number of piperidine rings is 1. The summed E-state index contributed by atoms with van der Waals surface area (Å²) >= 11 is 0. The molecular formula is C26H31NO4. The zero-order chi connectivity index (χ0) is 21.5. The third kappa shape index (κ3) is 5.67. The van der Waals surface area contributed by atoms with E-state index in [1.165, 1.54) is 32.4 Å². The molecule has 0 spiro atoms. The van der Waals surface area contributed by atoms with E-state index in [0.717, 1.165) is 30.9 Å². The Labute approximate surface area is 184 Å². The first kappa shape index (κ1) is 21.4. The van der Waals surface area contributed by atoms with Crippen LogP contribution in [0.25, 0.3) is 6.08 Å². The lowest BCUT2D eigenvalue weighted by Gasteiger charge is -2.26. The summed E-state index contributed by atoms with van der Waals surface area (Å²) in [5, 5.41) is 0. The predicted molar refractivity (Wildman–Crippen MR) is 122 cm³/mol. The first-order valence-electron chi connectivity index (χ1n) is 11.3. The Kier molecular flexibility index (Phi) is 7.26. The average Bonchev–Trinajstić information content (AvgIpc) is 2.80. The number of ketones is 1. The van der Waals surface area contributed by atoms with Crippen molar-refractivity contribution in [2.24, 2.45) is 0 Å². The van der Waals surface area contributed by atoms with E-state index in [1.54, 1.807) is 12.1 Å². The van der Waals surface area contributed by atoms with Crippen LogP contribution in [0, 0.1) is 0 Å². The van der Waals surface area contributed by atoms with Gasteiger partial charge in [-0.25, -0.2) is 0 Å². The van der Waals surface area contributed by atoms with Gasteiger partial charge in [-0.2, -0.15) is 0 Å². The fourth-order valence-electron chi connectivity index (χ4n) is 4.09. The predicted octanol–water partition coefficient (Wildman–Crippen LogP) is 5.00. The molecule has 31 heavy (non-hydrogen) atoms. The van der Waals surface area contributed by atoms with E-state index in [1.807, 2.05) is 43.3 Å². The Morgan fingerprint density at radius 3 is 2.55 bits per heavy atom. The summed E-state index contributed by atoms with van der Waals surface area (Å²) in [7, 11) is 0. The van der Waals surface area contributed by atoms with Crippen LogP contribution < -0.4 is 14.2 Å². The highest BCUT2D eigenvalue weighted by atomic mass is 16.5. The van der Waals surface area contributed by atoms with Crippen molar-refractivity contribution in [2.45, 2.75) is 32.6 Å². The molecule has 1 fully saturated rings. The van der Waals surface area contributed by atoms with Crippen LogP contribution in [0.3, 0.4) is 0 Å². The molecule has 5 heteroatoms. The molecule has 0 aliphatic carbocycles. The monoisotopic (exact) mass is 421 g/mol. The first-order chi connectivity index (χ1) is 15.2. The highest BCUT2D eigenvalue weighted by Gasteiger charge is 2.23. The van der Waals surface area contributed by atoms with Gasteiger partial charge in [-0.1, -0.05) is 18.6 Å². The summed E-state index contributed by atoms with van der Waals surface area (Å²) in [4.78, 5) is 15.4.